The molecule has 1 amide bonds. The number of carbonyl (C=O) groups excluding carboxylic acids is 1. The summed E-state index contributed by atoms with van der Waals surface area (Å²) in [6.07, 6.45) is 1.43. The Labute approximate surface area is 136 Å². The van der Waals surface area contributed by atoms with Crippen LogP contribution in [0.5, 0.6) is 5.75 Å². The molecule has 0 unspecified atom stereocenters. The Morgan fingerprint density at radius 1 is 1.43 bits per heavy atom. The number of nitrogens with one attached hydrogen (secondary N) is 1. The SMILES string of the molecule is COc1cccc(-c2csc(NC(=O)c3cnn(C)c3N)n2)c1. The standard InChI is InChI=1S/C15H15N5O2S/c1-20-13(16)11(7-17-20)14(21)19-15-18-12(8-23-15)9-4-3-5-10(6-9)22-2/h3-8H,16H2,1-2H3,(H,18,19,21). The van der Waals surface area contributed by atoms with E-state index >= 15 is 0 Å². The third-order valence-electron chi connectivity index (χ3n) is 3.32. The molecule has 0 bridgehead atoms. The van der Waals surface area contributed by atoms with Crippen LogP contribution in [0.2, 0.25) is 0 Å². The third kappa shape index (κ3) is 3.02. The van der Waals surface area contributed by atoms with Gasteiger partial charge in [-0.25, -0.2) is 4.98 Å². The minimum atomic E-state index is -0.331. The zero-order valence-corrected chi connectivity index (χ0v) is 13.4. The zero-order valence-electron chi connectivity index (χ0n) is 12.6. The van der Waals surface area contributed by atoms with Gasteiger partial charge in [-0.1, -0.05) is 12.1 Å². The van der Waals surface area contributed by atoms with Crippen molar-refractivity contribution >= 4 is 28.2 Å². The van der Waals surface area contributed by atoms with Gasteiger partial charge in [0.2, 0.25) is 0 Å². The highest BCUT2D eigenvalue weighted by Crippen LogP contribution is 2.27. The molecule has 7 nitrogen and oxygen atoms in total. The third-order valence-corrected chi connectivity index (χ3v) is 4.08. The van der Waals surface area contributed by atoms with Gasteiger partial charge in [0.25, 0.3) is 5.91 Å². The van der Waals surface area contributed by atoms with Crippen LogP contribution in [0.1, 0.15) is 10.4 Å². The van der Waals surface area contributed by atoms with Gasteiger partial charge in [-0.3, -0.25) is 14.8 Å². The van der Waals surface area contributed by atoms with Gasteiger partial charge in [0.15, 0.2) is 5.13 Å². The zero-order chi connectivity index (χ0) is 16.4. The highest BCUT2D eigenvalue weighted by atomic mass is 32.1. The topological polar surface area (TPSA) is 95.1 Å². The lowest BCUT2D eigenvalue weighted by molar-refractivity contribution is 0.102. The lowest BCUT2D eigenvalue weighted by Gasteiger charge is -2.02. The van der Waals surface area contributed by atoms with Gasteiger partial charge >= 0.3 is 0 Å². The summed E-state index contributed by atoms with van der Waals surface area (Å²) in [4.78, 5) is 16.6. The smallest absolute Gasteiger partial charge is 0.262 e. The number of hydrogen-bond acceptors (Lipinski definition) is 6. The predicted molar refractivity (Wildman–Crippen MR) is 89.7 cm³/mol. The fourth-order valence-corrected chi connectivity index (χ4v) is 2.75. The molecule has 0 aliphatic carbocycles. The van der Waals surface area contributed by atoms with Gasteiger partial charge in [0.05, 0.1) is 19.0 Å². The molecular formula is C15H15N5O2S. The number of aromatic nitrogens is 3. The molecule has 1 aromatic carbocycles. The lowest BCUT2D eigenvalue weighted by Crippen LogP contribution is -2.13. The average molecular weight is 329 g/mol. The second kappa shape index (κ2) is 6.09. The predicted octanol–water partition coefficient (Wildman–Crippen LogP) is 2.39. The van der Waals surface area contributed by atoms with E-state index in [1.807, 2.05) is 29.6 Å². The molecular weight excluding hydrogens is 314 g/mol. The second-order valence-electron chi connectivity index (χ2n) is 4.79. The molecule has 0 saturated heterocycles. The molecule has 3 N–H and O–H groups in total. The number of amides is 1. The van der Waals surface area contributed by atoms with Gasteiger partial charge in [-0.2, -0.15) is 5.10 Å². The van der Waals surface area contributed by atoms with Crippen LogP contribution in [0.15, 0.2) is 35.8 Å². The molecule has 0 atom stereocenters. The largest absolute Gasteiger partial charge is 0.497 e. The number of anilines is 2. The van der Waals surface area contributed by atoms with Crippen molar-refractivity contribution in [2.75, 3.05) is 18.2 Å². The van der Waals surface area contributed by atoms with Crippen molar-refractivity contribution in [2.45, 2.75) is 0 Å². The van der Waals surface area contributed by atoms with Gasteiger partial charge in [0, 0.05) is 18.0 Å². The number of rotatable bonds is 4. The normalized spacial score (nSPS) is 10.5. The fraction of sp³-hybridized carbons (Fsp3) is 0.133. The number of ether oxygens (including phenoxy) is 1. The lowest BCUT2D eigenvalue weighted by atomic mass is 10.2. The highest BCUT2D eigenvalue weighted by molar-refractivity contribution is 7.14. The summed E-state index contributed by atoms with van der Waals surface area (Å²) in [5.74, 6) is 0.735. The van der Waals surface area contributed by atoms with Gasteiger partial charge in [0.1, 0.15) is 17.1 Å². The maximum atomic E-state index is 12.2. The van der Waals surface area contributed by atoms with E-state index in [1.165, 1.54) is 22.2 Å². The van der Waals surface area contributed by atoms with E-state index in [1.54, 1.807) is 14.2 Å². The summed E-state index contributed by atoms with van der Waals surface area (Å²) in [6, 6.07) is 7.58. The van der Waals surface area contributed by atoms with Crippen LogP contribution in [0.4, 0.5) is 10.9 Å². The Kier molecular flexibility index (Phi) is 3.98. The summed E-state index contributed by atoms with van der Waals surface area (Å²) in [6.45, 7) is 0. The molecule has 3 aromatic rings. The van der Waals surface area contributed by atoms with E-state index in [0.717, 1.165) is 17.0 Å². The van der Waals surface area contributed by atoms with Crippen LogP contribution in [0, 0.1) is 0 Å². The molecule has 0 aliphatic rings. The highest BCUT2D eigenvalue weighted by Gasteiger charge is 2.15. The van der Waals surface area contributed by atoms with Crippen LogP contribution in [-0.4, -0.2) is 27.8 Å². The number of nitrogens with zero attached hydrogens (tertiary/aromatic N) is 3. The van der Waals surface area contributed by atoms with E-state index in [4.69, 9.17) is 10.5 Å². The minimum Gasteiger partial charge on any atom is -0.497 e. The maximum Gasteiger partial charge on any atom is 0.262 e. The Bertz CT molecular complexity index is 855. The monoisotopic (exact) mass is 329 g/mol. The number of nitrogens with two attached hydrogens (primary N) is 1. The van der Waals surface area contributed by atoms with Crippen LogP contribution >= 0.6 is 11.3 Å². The van der Waals surface area contributed by atoms with Crippen molar-refractivity contribution in [2.24, 2.45) is 7.05 Å². The second-order valence-corrected chi connectivity index (χ2v) is 5.65. The van der Waals surface area contributed by atoms with E-state index in [0.29, 0.717) is 16.5 Å². The number of nitrogen functional groups attached to an aromatic ring is 1. The van der Waals surface area contributed by atoms with Crippen molar-refractivity contribution in [3.05, 3.63) is 41.4 Å². The molecule has 0 spiro atoms. The Morgan fingerprint density at radius 2 is 2.26 bits per heavy atom. The Balaban J connectivity index is 1.79. The number of benzene rings is 1. The van der Waals surface area contributed by atoms with Crippen molar-refractivity contribution in [1.82, 2.24) is 14.8 Å². The first-order valence-electron chi connectivity index (χ1n) is 6.77. The molecule has 0 fully saturated rings. The number of thiazole rings is 1. The summed E-state index contributed by atoms with van der Waals surface area (Å²) in [7, 11) is 3.29. The first-order chi connectivity index (χ1) is 11.1. The number of carbonyl (C=O) groups is 1. The number of hydrogen-bond donors (Lipinski definition) is 2. The molecule has 118 valence electrons. The Hall–Kier alpha value is -2.87. The molecule has 0 saturated carbocycles. The van der Waals surface area contributed by atoms with Gasteiger partial charge in [-0.05, 0) is 12.1 Å². The quantitative estimate of drug-likeness (QED) is 0.766. The molecule has 8 heteroatoms. The van der Waals surface area contributed by atoms with Crippen LogP contribution in [-0.2, 0) is 7.05 Å². The van der Waals surface area contributed by atoms with Crippen LogP contribution in [0.25, 0.3) is 11.3 Å². The molecule has 0 aliphatic heterocycles. The fourth-order valence-electron chi connectivity index (χ4n) is 2.03. The van der Waals surface area contributed by atoms with E-state index < -0.39 is 0 Å². The molecule has 3 rings (SSSR count). The van der Waals surface area contributed by atoms with E-state index in [9.17, 15) is 4.79 Å². The summed E-state index contributed by atoms with van der Waals surface area (Å²) >= 11 is 1.34. The first kappa shape index (κ1) is 15.0. The minimum absolute atomic E-state index is 0.312. The summed E-state index contributed by atoms with van der Waals surface area (Å²) < 4.78 is 6.65. The van der Waals surface area contributed by atoms with E-state index in [2.05, 4.69) is 15.4 Å². The molecule has 2 aromatic heterocycles. The van der Waals surface area contributed by atoms with Crippen LogP contribution < -0.4 is 15.8 Å². The number of aryl methyl sites for hydroxylation is 1. The van der Waals surface area contributed by atoms with Crippen molar-refractivity contribution < 1.29 is 9.53 Å². The van der Waals surface area contributed by atoms with E-state index in [-0.39, 0.29) is 5.91 Å². The molecule has 2 heterocycles. The Morgan fingerprint density at radius 3 is 2.96 bits per heavy atom. The maximum absolute atomic E-state index is 12.2. The van der Waals surface area contributed by atoms with Crippen molar-refractivity contribution in [3.8, 4) is 17.0 Å². The van der Waals surface area contributed by atoms with Gasteiger partial charge < -0.3 is 10.5 Å². The molecule has 0 radical (unpaired) electrons. The molecule has 23 heavy (non-hydrogen) atoms. The summed E-state index contributed by atoms with van der Waals surface area (Å²) in [5.41, 5.74) is 7.80. The van der Waals surface area contributed by atoms with Gasteiger partial charge in [-0.15, -0.1) is 11.3 Å². The van der Waals surface area contributed by atoms with Crippen molar-refractivity contribution in [1.29, 1.82) is 0 Å². The van der Waals surface area contributed by atoms with Crippen LogP contribution in [0.3, 0.4) is 0 Å². The average Bonchev–Trinajstić information content (AvgIpc) is 3.15. The number of methoxy groups -OCH3 is 1. The first-order valence-corrected chi connectivity index (χ1v) is 7.65. The van der Waals surface area contributed by atoms with Crippen molar-refractivity contribution in [3.63, 3.8) is 0 Å². The summed E-state index contributed by atoms with van der Waals surface area (Å²) in [5, 5.41) is 9.05.